The number of ether oxygens (including phenoxy) is 5. The summed E-state index contributed by atoms with van der Waals surface area (Å²) in [5, 5.41) is 28.7. The fraction of sp³-hybridized carbons (Fsp3) is 0.656. The number of rotatable bonds is 11. The summed E-state index contributed by atoms with van der Waals surface area (Å²) < 4.78 is 28.4. The van der Waals surface area contributed by atoms with Crippen molar-refractivity contribution in [2.24, 2.45) is 23.0 Å². The highest BCUT2D eigenvalue weighted by molar-refractivity contribution is 5.88. The normalized spacial score (nSPS) is 23.7. The van der Waals surface area contributed by atoms with E-state index in [-0.39, 0.29) is 35.3 Å². The van der Waals surface area contributed by atoms with Crippen molar-refractivity contribution in [2.75, 3.05) is 18.7 Å². The zero-order valence-corrected chi connectivity index (χ0v) is 27.8. The van der Waals surface area contributed by atoms with Gasteiger partial charge in [0.05, 0.1) is 11.1 Å². The molecule has 1 unspecified atom stereocenters. The summed E-state index contributed by atoms with van der Waals surface area (Å²) in [4.78, 5) is 54.1. The molecule has 0 spiro atoms. The van der Waals surface area contributed by atoms with Crippen LogP contribution in [0, 0.1) is 28.6 Å². The van der Waals surface area contributed by atoms with Gasteiger partial charge in [0, 0.05) is 6.42 Å². The number of hydrogen-bond acceptors (Lipinski definition) is 14. The monoisotopic (exact) mass is 672 g/mol. The third-order valence-electron chi connectivity index (χ3n) is 8.47. The number of esters is 3. The molecule has 4 rings (SSSR count). The van der Waals surface area contributed by atoms with Gasteiger partial charge in [-0.15, -0.1) is 0 Å². The molecule has 1 saturated heterocycles. The summed E-state index contributed by atoms with van der Waals surface area (Å²) in [6, 6.07) is 3.85. The Morgan fingerprint density at radius 3 is 2.52 bits per heavy atom. The Labute approximate surface area is 278 Å². The smallest absolute Gasteiger partial charge is 0.415 e. The first-order valence-electron chi connectivity index (χ1n) is 16.0. The summed E-state index contributed by atoms with van der Waals surface area (Å²) in [6.45, 7) is 7.35. The van der Waals surface area contributed by atoms with E-state index in [0.717, 1.165) is 38.4 Å². The number of fused-ring (bicyclic) bond motifs is 1. The maximum Gasteiger partial charge on any atom is 0.415 e. The number of carbonyl (C=O) groups is 4. The SMILES string of the molecule is CC(C)[C@H](N)C(=O)O[C@@H]1C(COC(=O)CC2CCCCC2)O[C@@](C#N)(c2ccc3c(NC(=O)OCOC(=O)C(C)(C)C)ncnn23)[C@@H]1O. The number of aliphatic hydroxyl groups excluding tert-OH is 1. The minimum atomic E-state index is -2.17. The topological polar surface area (TPSA) is 227 Å². The minimum absolute atomic E-state index is 0.00987. The highest BCUT2D eigenvalue weighted by Gasteiger charge is 2.60. The molecule has 16 heteroatoms. The Kier molecular flexibility index (Phi) is 11.6. The van der Waals surface area contributed by atoms with Gasteiger partial charge in [-0.2, -0.15) is 10.4 Å². The van der Waals surface area contributed by atoms with Gasteiger partial charge in [-0.25, -0.2) is 14.3 Å². The van der Waals surface area contributed by atoms with Crippen LogP contribution in [0.4, 0.5) is 10.6 Å². The molecule has 2 fully saturated rings. The largest absolute Gasteiger partial charge is 0.463 e. The number of amides is 1. The number of nitrogens with zero attached hydrogens (tertiary/aromatic N) is 4. The van der Waals surface area contributed by atoms with Gasteiger partial charge in [0.1, 0.15) is 42.8 Å². The number of anilines is 1. The number of carbonyl (C=O) groups excluding carboxylic acids is 4. The molecule has 0 bridgehead atoms. The Morgan fingerprint density at radius 1 is 1.17 bits per heavy atom. The average Bonchev–Trinajstić information content (AvgIpc) is 3.59. The maximum absolute atomic E-state index is 12.9. The van der Waals surface area contributed by atoms with Crippen molar-refractivity contribution < 1.29 is 48.0 Å². The van der Waals surface area contributed by atoms with Crippen molar-refractivity contribution >= 4 is 35.3 Å². The lowest BCUT2D eigenvalue weighted by Crippen LogP contribution is -2.46. The lowest BCUT2D eigenvalue weighted by atomic mass is 9.87. The summed E-state index contributed by atoms with van der Waals surface area (Å²) in [5.41, 5.74) is 3.23. The van der Waals surface area contributed by atoms with E-state index >= 15 is 0 Å². The fourth-order valence-corrected chi connectivity index (χ4v) is 5.58. The molecule has 262 valence electrons. The number of nitriles is 1. The quantitative estimate of drug-likeness (QED) is 0.177. The molecule has 1 saturated carbocycles. The fourth-order valence-electron chi connectivity index (χ4n) is 5.58. The van der Waals surface area contributed by atoms with Crippen LogP contribution in [0.2, 0.25) is 0 Å². The van der Waals surface area contributed by atoms with Crippen molar-refractivity contribution in [3.05, 3.63) is 24.2 Å². The number of nitrogens with one attached hydrogen (secondary N) is 1. The molecular weight excluding hydrogens is 628 g/mol. The van der Waals surface area contributed by atoms with Gasteiger partial charge in [-0.05, 0) is 57.6 Å². The van der Waals surface area contributed by atoms with E-state index in [0.29, 0.717) is 0 Å². The molecule has 2 aromatic rings. The zero-order chi connectivity index (χ0) is 35.2. The van der Waals surface area contributed by atoms with Gasteiger partial charge in [0.2, 0.25) is 12.4 Å². The van der Waals surface area contributed by atoms with Gasteiger partial charge < -0.3 is 34.5 Å². The average molecular weight is 673 g/mol. The van der Waals surface area contributed by atoms with Crippen LogP contribution in [-0.2, 0) is 43.7 Å². The molecule has 48 heavy (non-hydrogen) atoms. The van der Waals surface area contributed by atoms with Crippen LogP contribution in [0.5, 0.6) is 0 Å². The van der Waals surface area contributed by atoms with E-state index in [1.54, 1.807) is 34.6 Å². The van der Waals surface area contributed by atoms with Gasteiger partial charge in [0.25, 0.3) is 0 Å². The lowest BCUT2D eigenvalue weighted by molar-refractivity contribution is -0.163. The molecule has 5 atom stereocenters. The Morgan fingerprint density at radius 2 is 1.88 bits per heavy atom. The Balaban J connectivity index is 1.56. The molecule has 2 aliphatic rings. The zero-order valence-electron chi connectivity index (χ0n) is 27.8. The van der Waals surface area contributed by atoms with Crippen molar-refractivity contribution in [3.8, 4) is 6.07 Å². The van der Waals surface area contributed by atoms with Crippen LogP contribution in [0.15, 0.2) is 18.5 Å². The minimum Gasteiger partial charge on any atom is -0.463 e. The van der Waals surface area contributed by atoms with E-state index in [4.69, 9.17) is 29.4 Å². The van der Waals surface area contributed by atoms with Crippen molar-refractivity contribution in [1.82, 2.24) is 14.6 Å². The Hall–Kier alpha value is -4.33. The van der Waals surface area contributed by atoms with Crippen molar-refractivity contribution in [1.29, 1.82) is 5.26 Å². The lowest BCUT2D eigenvalue weighted by Gasteiger charge is -2.25. The van der Waals surface area contributed by atoms with E-state index < -0.39 is 72.8 Å². The number of aromatic nitrogens is 3. The molecule has 1 aliphatic carbocycles. The first kappa shape index (κ1) is 36.5. The third-order valence-corrected chi connectivity index (χ3v) is 8.47. The first-order valence-corrected chi connectivity index (χ1v) is 16.0. The first-order chi connectivity index (χ1) is 22.7. The summed E-state index contributed by atoms with van der Waals surface area (Å²) >= 11 is 0. The molecule has 0 radical (unpaired) electrons. The van der Waals surface area contributed by atoms with Crippen LogP contribution in [-0.4, -0.2) is 81.5 Å². The Bertz CT molecular complexity index is 1530. The van der Waals surface area contributed by atoms with Gasteiger partial charge >= 0.3 is 24.0 Å². The van der Waals surface area contributed by atoms with Crippen LogP contribution in [0.3, 0.4) is 0 Å². The second-order valence-corrected chi connectivity index (χ2v) is 13.5. The molecule has 1 aliphatic heterocycles. The molecule has 2 aromatic heterocycles. The highest BCUT2D eigenvalue weighted by Crippen LogP contribution is 2.42. The number of aliphatic hydroxyl groups is 1. The molecule has 4 N–H and O–H groups in total. The number of nitrogens with two attached hydrogens (primary N) is 1. The molecule has 16 nitrogen and oxygen atoms in total. The van der Waals surface area contributed by atoms with Crippen LogP contribution >= 0.6 is 0 Å². The highest BCUT2D eigenvalue weighted by atomic mass is 16.7. The van der Waals surface area contributed by atoms with Crippen LogP contribution in [0.1, 0.15) is 78.8 Å². The molecule has 1 amide bonds. The van der Waals surface area contributed by atoms with Gasteiger partial charge in [0.15, 0.2) is 11.9 Å². The summed E-state index contributed by atoms with van der Waals surface area (Å²) in [7, 11) is 0. The number of hydrogen-bond donors (Lipinski definition) is 3. The standard InChI is InChI=1S/C32H44N6O10/c1-18(2)24(34)28(41)47-25-21(14-44-23(39)13-19-9-7-6-8-10-19)48-32(15-33,26(25)40)22-12-11-20-27(35-16-36-38(20)22)37-30(43)46-17-45-29(42)31(3,4)5/h11-12,16,18-19,21,24-26,40H,6-10,13-14,17,34H2,1-5H3,(H,35,36,37,43)/t21?,24-,25+,26+,32-/m0/s1. The van der Waals surface area contributed by atoms with Gasteiger partial charge in [-0.3, -0.25) is 19.7 Å². The van der Waals surface area contributed by atoms with E-state index in [2.05, 4.69) is 15.4 Å². The molecule has 0 aromatic carbocycles. The van der Waals surface area contributed by atoms with Crippen molar-refractivity contribution in [3.63, 3.8) is 0 Å². The second-order valence-electron chi connectivity index (χ2n) is 13.5. The molecule has 3 heterocycles. The van der Waals surface area contributed by atoms with Gasteiger partial charge in [-0.1, -0.05) is 33.1 Å². The van der Waals surface area contributed by atoms with E-state index in [1.165, 1.54) is 16.6 Å². The summed E-state index contributed by atoms with van der Waals surface area (Å²) in [5.74, 6) is -1.98. The van der Waals surface area contributed by atoms with Crippen molar-refractivity contribution in [2.45, 2.75) is 103 Å². The predicted octanol–water partition coefficient (Wildman–Crippen LogP) is 2.71. The third kappa shape index (κ3) is 8.20. The van der Waals surface area contributed by atoms with E-state index in [9.17, 15) is 29.5 Å². The van der Waals surface area contributed by atoms with Crippen LogP contribution < -0.4 is 11.1 Å². The second kappa shape index (κ2) is 15.3. The van der Waals surface area contributed by atoms with E-state index in [1.807, 2.05) is 6.07 Å². The maximum atomic E-state index is 12.9. The predicted molar refractivity (Wildman–Crippen MR) is 167 cm³/mol. The molecular formula is C32H44N6O10. The van der Waals surface area contributed by atoms with Crippen LogP contribution in [0.25, 0.3) is 5.52 Å². The summed E-state index contributed by atoms with van der Waals surface area (Å²) in [6.07, 6.45) is 0.952.